The minimum Gasteiger partial charge on any atom is -0.493 e. The molecule has 3 N–H and O–H groups in total. The number of ether oxygens (including phenoxy) is 3. The Kier molecular flexibility index (Phi) is 5.42. The number of halogens is 1. The monoisotopic (exact) mass is 375 g/mol. The standard InChI is InChI=1S/C19H22ClN3O3/c1-24-16-8-12(9-17(25-2)18(16)26-3)15-10-14(22-19(21)23-15)11-5-4-6-13(20)7-11/h4-9,14-15H,10H2,1-3H3,(H3,21,22,23). The molecular weight excluding hydrogens is 354 g/mol. The Morgan fingerprint density at radius 2 is 1.73 bits per heavy atom. The number of hydrogen-bond acceptors (Lipinski definition) is 6. The molecule has 7 heteroatoms. The fourth-order valence-electron chi connectivity index (χ4n) is 3.17. The van der Waals surface area contributed by atoms with E-state index in [1.807, 2.05) is 36.4 Å². The fraction of sp³-hybridized carbons (Fsp3) is 0.316. The summed E-state index contributed by atoms with van der Waals surface area (Å²) in [5, 5.41) is 3.91. The van der Waals surface area contributed by atoms with Crippen LogP contribution in [0, 0.1) is 0 Å². The van der Waals surface area contributed by atoms with Gasteiger partial charge in [-0.15, -0.1) is 0 Å². The van der Waals surface area contributed by atoms with Crippen LogP contribution in [0.1, 0.15) is 29.6 Å². The highest BCUT2D eigenvalue weighted by molar-refractivity contribution is 6.30. The van der Waals surface area contributed by atoms with Gasteiger partial charge in [0.2, 0.25) is 5.75 Å². The summed E-state index contributed by atoms with van der Waals surface area (Å²) in [5.41, 5.74) is 8.05. The van der Waals surface area contributed by atoms with Crippen molar-refractivity contribution in [2.75, 3.05) is 21.3 Å². The van der Waals surface area contributed by atoms with Crippen LogP contribution in [0.3, 0.4) is 0 Å². The van der Waals surface area contributed by atoms with E-state index in [4.69, 9.17) is 31.5 Å². The molecule has 6 nitrogen and oxygen atoms in total. The van der Waals surface area contributed by atoms with Gasteiger partial charge in [0, 0.05) is 5.02 Å². The third-order valence-electron chi connectivity index (χ3n) is 4.40. The molecular formula is C19H22ClN3O3. The molecule has 138 valence electrons. The number of nitrogens with two attached hydrogens (primary N) is 1. The molecule has 1 aliphatic rings. The Morgan fingerprint density at radius 1 is 1.04 bits per heavy atom. The minimum atomic E-state index is -0.145. The van der Waals surface area contributed by atoms with Crippen molar-refractivity contribution in [3.8, 4) is 17.2 Å². The first-order valence-electron chi connectivity index (χ1n) is 8.21. The molecule has 1 heterocycles. The average molecular weight is 376 g/mol. The van der Waals surface area contributed by atoms with Crippen LogP contribution in [0.15, 0.2) is 41.4 Å². The van der Waals surface area contributed by atoms with Gasteiger partial charge in [0.25, 0.3) is 0 Å². The second-order valence-electron chi connectivity index (χ2n) is 5.98. The number of methoxy groups -OCH3 is 3. The highest BCUT2D eigenvalue weighted by atomic mass is 35.5. The number of nitrogens with zero attached hydrogens (tertiary/aromatic N) is 1. The van der Waals surface area contributed by atoms with Crippen molar-refractivity contribution in [1.29, 1.82) is 0 Å². The van der Waals surface area contributed by atoms with Crippen molar-refractivity contribution in [1.82, 2.24) is 5.32 Å². The van der Waals surface area contributed by atoms with E-state index in [1.54, 1.807) is 21.3 Å². The lowest BCUT2D eigenvalue weighted by Gasteiger charge is -2.29. The van der Waals surface area contributed by atoms with Crippen molar-refractivity contribution in [3.05, 3.63) is 52.5 Å². The van der Waals surface area contributed by atoms with Gasteiger partial charge in [-0.1, -0.05) is 23.7 Å². The molecule has 1 aliphatic heterocycles. The number of nitrogens with one attached hydrogen (secondary N) is 1. The van der Waals surface area contributed by atoms with Crippen LogP contribution in [-0.2, 0) is 0 Å². The van der Waals surface area contributed by atoms with E-state index >= 15 is 0 Å². The molecule has 0 aliphatic carbocycles. The Bertz CT molecular complexity index is 800. The SMILES string of the molecule is COc1cc(C2CC(c3cccc(Cl)c3)NC(N)=N2)cc(OC)c1OC. The molecule has 0 fully saturated rings. The Hall–Kier alpha value is -2.60. The van der Waals surface area contributed by atoms with Gasteiger partial charge in [0.05, 0.1) is 33.4 Å². The van der Waals surface area contributed by atoms with Crippen LogP contribution >= 0.6 is 11.6 Å². The van der Waals surface area contributed by atoms with Gasteiger partial charge < -0.3 is 25.3 Å². The fourth-order valence-corrected chi connectivity index (χ4v) is 3.36. The van der Waals surface area contributed by atoms with Crippen molar-refractivity contribution in [2.45, 2.75) is 18.5 Å². The maximum atomic E-state index is 6.13. The largest absolute Gasteiger partial charge is 0.493 e. The molecule has 0 bridgehead atoms. The van der Waals surface area contributed by atoms with Crippen molar-refractivity contribution in [3.63, 3.8) is 0 Å². The summed E-state index contributed by atoms with van der Waals surface area (Å²) in [4.78, 5) is 4.56. The second-order valence-corrected chi connectivity index (χ2v) is 6.41. The Balaban J connectivity index is 1.97. The summed E-state index contributed by atoms with van der Waals surface area (Å²) in [7, 11) is 4.77. The number of aliphatic imine (C=N–C) groups is 1. The zero-order valence-corrected chi connectivity index (χ0v) is 15.7. The minimum absolute atomic E-state index is 0.00953. The third kappa shape index (κ3) is 3.65. The smallest absolute Gasteiger partial charge is 0.203 e. The predicted octanol–water partition coefficient (Wildman–Crippen LogP) is 3.46. The topological polar surface area (TPSA) is 78.1 Å². The van der Waals surface area contributed by atoms with Crippen LogP contribution in [-0.4, -0.2) is 27.3 Å². The number of hydrogen-bond donors (Lipinski definition) is 2. The van der Waals surface area contributed by atoms with Gasteiger partial charge in [0.1, 0.15) is 0 Å². The van der Waals surface area contributed by atoms with Crippen LogP contribution in [0.2, 0.25) is 5.02 Å². The van der Waals surface area contributed by atoms with Gasteiger partial charge in [0.15, 0.2) is 17.5 Å². The molecule has 3 rings (SSSR count). The highest BCUT2D eigenvalue weighted by Gasteiger charge is 2.26. The van der Waals surface area contributed by atoms with Gasteiger partial charge >= 0.3 is 0 Å². The first-order chi connectivity index (χ1) is 12.5. The van der Waals surface area contributed by atoms with Crippen LogP contribution in [0.5, 0.6) is 17.2 Å². The molecule has 0 amide bonds. The Labute approximate surface area is 157 Å². The van der Waals surface area contributed by atoms with Gasteiger partial charge in [-0.25, -0.2) is 4.99 Å². The quantitative estimate of drug-likeness (QED) is 0.836. The molecule has 0 saturated heterocycles. The molecule has 0 spiro atoms. The summed E-state index contributed by atoms with van der Waals surface area (Å²) in [6.45, 7) is 0. The van der Waals surface area contributed by atoms with Crippen molar-refractivity contribution >= 4 is 17.6 Å². The van der Waals surface area contributed by atoms with E-state index in [0.717, 1.165) is 17.5 Å². The average Bonchev–Trinajstić information content (AvgIpc) is 2.66. The predicted molar refractivity (Wildman–Crippen MR) is 102 cm³/mol. The summed E-state index contributed by atoms with van der Waals surface area (Å²) < 4.78 is 16.3. The van der Waals surface area contributed by atoms with E-state index in [-0.39, 0.29) is 12.1 Å². The summed E-state index contributed by atoms with van der Waals surface area (Å²) >= 11 is 6.13. The number of rotatable bonds is 5. The molecule has 2 aromatic rings. The van der Waals surface area contributed by atoms with Gasteiger partial charge in [-0.3, -0.25) is 0 Å². The van der Waals surface area contributed by atoms with Crippen molar-refractivity contribution < 1.29 is 14.2 Å². The molecule has 2 atom stereocenters. The molecule has 2 unspecified atom stereocenters. The molecule has 0 radical (unpaired) electrons. The lowest BCUT2D eigenvalue weighted by molar-refractivity contribution is 0.323. The van der Waals surface area contributed by atoms with Gasteiger partial charge in [-0.2, -0.15) is 0 Å². The molecule has 2 aromatic carbocycles. The second kappa shape index (κ2) is 7.74. The van der Waals surface area contributed by atoms with E-state index in [1.165, 1.54) is 0 Å². The number of guanidine groups is 1. The van der Waals surface area contributed by atoms with E-state index in [0.29, 0.717) is 28.2 Å². The van der Waals surface area contributed by atoms with E-state index < -0.39 is 0 Å². The van der Waals surface area contributed by atoms with Gasteiger partial charge in [-0.05, 0) is 41.8 Å². The first-order valence-corrected chi connectivity index (χ1v) is 8.58. The third-order valence-corrected chi connectivity index (χ3v) is 4.63. The normalized spacial score (nSPS) is 19.3. The summed E-state index contributed by atoms with van der Waals surface area (Å²) in [6.07, 6.45) is 0.722. The summed E-state index contributed by atoms with van der Waals surface area (Å²) in [5.74, 6) is 2.12. The lowest BCUT2D eigenvalue weighted by atomic mass is 9.93. The highest BCUT2D eigenvalue weighted by Crippen LogP contribution is 2.42. The molecule has 0 aromatic heterocycles. The maximum absolute atomic E-state index is 6.13. The Morgan fingerprint density at radius 3 is 2.31 bits per heavy atom. The first kappa shape index (κ1) is 18.2. The van der Waals surface area contributed by atoms with Crippen LogP contribution in [0.4, 0.5) is 0 Å². The number of benzene rings is 2. The molecule has 0 saturated carbocycles. The van der Waals surface area contributed by atoms with E-state index in [2.05, 4.69) is 10.3 Å². The van der Waals surface area contributed by atoms with Crippen LogP contribution in [0.25, 0.3) is 0 Å². The van der Waals surface area contributed by atoms with E-state index in [9.17, 15) is 0 Å². The zero-order valence-electron chi connectivity index (χ0n) is 15.0. The maximum Gasteiger partial charge on any atom is 0.203 e. The van der Waals surface area contributed by atoms with Crippen LogP contribution < -0.4 is 25.3 Å². The summed E-state index contributed by atoms with van der Waals surface area (Å²) in [6, 6.07) is 11.4. The van der Waals surface area contributed by atoms with Crippen molar-refractivity contribution in [2.24, 2.45) is 10.7 Å². The molecule has 26 heavy (non-hydrogen) atoms. The lowest BCUT2D eigenvalue weighted by Crippen LogP contribution is -2.39. The zero-order chi connectivity index (χ0) is 18.7.